The Morgan fingerprint density at radius 3 is 2.48 bits per heavy atom. The first-order chi connectivity index (χ1) is 14.9. The van der Waals surface area contributed by atoms with Gasteiger partial charge in [0.15, 0.2) is 11.6 Å². The van der Waals surface area contributed by atoms with Crippen molar-refractivity contribution >= 4 is 17.4 Å². The highest BCUT2D eigenvalue weighted by Crippen LogP contribution is 2.40. The second-order valence-corrected chi connectivity index (χ2v) is 6.91. The standard InChI is InChI=1S/C23H17F2NO5/c1-30-18-9-6-14(11-17(18)25)21(27)19-20(13-4-7-15(24)8-5-13)26(23(29)22(19)28)12-16-3-2-10-31-16/h2-11,20,27H,12H2,1H3. The van der Waals surface area contributed by atoms with Crippen molar-refractivity contribution in [2.24, 2.45) is 0 Å². The highest BCUT2D eigenvalue weighted by molar-refractivity contribution is 6.46. The van der Waals surface area contributed by atoms with Crippen molar-refractivity contribution < 1.29 is 32.6 Å². The molecule has 1 N–H and O–H groups in total. The van der Waals surface area contributed by atoms with E-state index in [-0.39, 0.29) is 23.4 Å². The van der Waals surface area contributed by atoms with Crippen molar-refractivity contribution in [1.29, 1.82) is 0 Å². The Morgan fingerprint density at radius 1 is 1.13 bits per heavy atom. The minimum Gasteiger partial charge on any atom is -0.507 e. The molecule has 1 fully saturated rings. The molecule has 4 rings (SSSR count). The molecule has 2 aromatic carbocycles. The van der Waals surface area contributed by atoms with Gasteiger partial charge in [-0.1, -0.05) is 12.1 Å². The second kappa shape index (κ2) is 8.06. The Labute approximate surface area is 176 Å². The van der Waals surface area contributed by atoms with E-state index in [0.717, 1.165) is 6.07 Å². The fraction of sp³-hybridized carbons (Fsp3) is 0.130. The largest absolute Gasteiger partial charge is 0.507 e. The third kappa shape index (κ3) is 3.68. The Bertz CT molecular complexity index is 1170. The number of Topliss-reactive ketones (excluding diaryl/α,β-unsaturated/α-hetero) is 1. The fourth-order valence-electron chi connectivity index (χ4n) is 3.57. The van der Waals surface area contributed by atoms with Gasteiger partial charge in [0, 0.05) is 5.56 Å². The predicted octanol–water partition coefficient (Wildman–Crippen LogP) is 4.19. The van der Waals surface area contributed by atoms with E-state index in [9.17, 15) is 23.5 Å². The number of carbonyl (C=O) groups is 2. The Balaban J connectivity index is 1.86. The maximum absolute atomic E-state index is 14.2. The molecule has 1 aliphatic rings. The van der Waals surface area contributed by atoms with Gasteiger partial charge in [-0.05, 0) is 48.0 Å². The van der Waals surface area contributed by atoms with Crippen LogP contribution in [0.1, 0.15) is 22.9 Å². The molecule has 8 heteroatoms. The van der Waals surface area contributed by atoms with Crippen LogP contribution in [0.25, 0.3) is 5.76 Å². The maximum atomic E-state index is 14.2. The quantitative estimate of drug-likeness (QED) is 0.377. The number of ether oxygens (including phenoxy) is 1. The molecular formula is C23H17F2NO5. The lowest BCUT2D eigenvalue weighted by Gasteiger charge is -2.24. The molecule has 1 saturated heterocycles. The van der Waals surface area contributed by atoms with Gasteiger partial charge in [-0.2, -0.15) is 0 Å². The zero-order valence-corrected chi connectivity index (χ0v) is 16.3. The van der Waals surface area contributed by atoms with E-state index < -0.39 is 35.1 Å². The van der Waals surface area contributed by atoms with Gasteiger partial charge in [-0.25, -0.2) is 8.78 Å². The number of nitrogens with zero attached hydrogens (tertiary/aromatic N) is 1. The third-order valence-corrected chi connectivity index (χ3v) is 5.06. The number of furan rings is 1. The summed E-state index contributed by atoms with van der Waals surface area (Å²) in [5.74, 6) is -3.19. The van der Waals surface area contributed by atoms with Crippen LogP contribution in [0, 0.1) is 11.6 Å². The lowest BCUT2D eigenvalue weighted by Crippen LogP contribution is -2.29. The molecule has 3 aromatic rings. The summed E-state index contributed by atoms with van der Waals surface area (Å²) in [5, 5.41) is 10.9. The summed E-state index contributed by atoms with van der Waals surface area (Å²) in [7, 11) is 1.30. The molecule has 1 aliphatic heterocycles. The number of aliphatic hydroxyl groups is 1. The number of methoxy groups -OCH3 is 1. The Kier molecular flexibility index (Phi) is 5.29. The van der Waals surface area contributed by atoms with Gasteiger partial charge >= 0.3 is 0 Å². The molecule has 31 heavy (non-hydrogen) atoms. The van der Waals surface area contributed by atoms with Crippen LogP contribution in [0.4, 0.5) is 8.78 Å². The van der Waals surface area contributed by atoms with Crippen LogP contribution in [0.2, 0.25) is 0 Å². The predicted molar refractivity (Wildman–Crippen MR) is 106 cm³/mol. The number of likely N-dealkylation sites (tertiary alicyclic amines) is 1. The summed E-state index contributed by atoms with van der Waals surface area (Å²) in [6, 6.07) is 11.2. The van der Waals surface area contributed by atoms with Crippen LogP contribution >= 0.6 is 0 Å². The molecule has 0 bridgehead atoms. The van der Waals surface area contributed by atoms with Gasteiger partial charge in [0.1, 0.15) is 17.3 Å². The van der Waals surface area contributed by atoms with E-state index in [0.29, 0.717) is 11.3 Å². The highest BCUT2D eigenvalue weighted by atomic mass is 19.1. The van der Waals surface area contributed by atoms with Crippen LogP contribution in [0.3, 0.4) is 0 Å². The first-order valence-corrected chi connectivity index (χ1v) is 9.31. The summed E-state index contributed by atoms with van der Waals surface area (Å²) in [5.41, 5.74) is 0.178. The molecule has 158 valence electrons. The molecule has 1 atom stereocenters. The molecule has 1 amide bonds. The van der Waals surface area contributed by atoms with Crippen LogP contribution in [-0.4, -0.2) is 28.8 Å². The van der Waals surface area contributed by atoms with Crippen molar-refractivity contribution in [3.63, 3.8) is 0 Å². The number of hydrogen-bond donors (Lipinski definition) is 1. The molecule has 0 spiro atoms. The first-order valence-electron chi connectivity index (χ1n) is 9.31. The van der Waals surface area contributed by atoms with E-state index in [1.54, 1.807) is 12.1 Å². The monoisotopic (exact) mass is 425 g/mol. The summed E-state index contributed by atoms with van der Waals surface area (Å²) < 4.78 is 37.8. The van der Waals surface area contributed by atoms with Crippen molar-refractivity contribution in [3.05, 3.63) is 95.0 Å². The lowest BCUT2D eigenvalue weighted by molar-refractivity contribution is -0.140. The molecular weight excluding hydrogens is 408 g/mol. The van der Waals surface area contributed by atoms with Crippen LogP contribution in [-0.2, 0) is 16.1 Å². The van der Waals surface area contributed by atoms with Crippen molar-refractivity contribution in [3.8, 4) is 5.75 Å². The molecule has 0 radical (unpaired) electrons. The van der Waals surface area contributed by atoms with E-state index >= 15 is 0 Å². The van der Waals surface area contributed by atoms with Gasteiger partial charge in [0.25, 0.3) is 11.7 Å². The van der Waals surface area contributed by atoms with Crippen LogP contribution < -0.4 is 4.74 Å². The second-order valence-electron chi connectivity index (χ2n) is 6.91. The number of halogens is 2. The topological polar surface area (TPSA) is 80.0 Å². The number of benzene rings is 2. The van der Waals surface area contributed by atoms with E-state index in [1.807, 2.05) is 0 Å². The van der Waals surface area contributed by atoms with Gasteiger partial charge in [0.2, 0.25) is 0 Å². The van der Waals surface area contributed by atoms with E-state index in [4.69, 9.17) is 9.15 Å². The average Bonchev–Trinajstić information content (AvgIpc) is 3.36. The zero-order chi connectivity index (χ0) is 22.1. The summed E-state index contributed by atoms with van der Waals surface area (Å²) in [6.07, 6.45) is 1.43. The van der Waals surface area contributed by atoms with Gasteiger partial charge in [-0.3, -0.25) is 9.59 Å². The minimum atomic E-state index is -1.02. The summed E-state index contributed by atoms with van der Waals surface area (Å²) >= 11 is 0. The number of aliphatic hydroxyl groups excluding tert-OH is 1. The molecule has 1 aromatic heterocycles. The van der Waals surface area contributed by atoms with Gasteiger partial charge in [-0.15, -0.1) is 0 Å². The average molecular weight is 425 g/mol. The summed E-state index contributed by atoms with van der Waals surface area (Å²) in [4.78, 5) is 26.9. The van der Waals surface area contributed by atoms with Crippen molar-refractivity contribution in [2.45, 2.75) is 12.6 Å². The molecule has 6 nitrogen and oxygen atoms in total. The zero-order valence-electron chi connectivity index (χ0n) is 16.3. The Morgan fingerprint density at radius 2 is 1.87 bits per heavy atom. The fourth-order valence-corrected chi connectivity index (χ4v) is 3.57. The van der Waals surface area contributed by atoms with Crippen LogP contribution in [0.15, 0.2) is 70.9 Å². The van der Waals surface area contributed by atoms with Gasteiger partial charge < -0.3 is 19.2 Å². The van der Waals surface area contributed by atoms with Crippen molar-refractivity contribution in [1.82, 2.24) is 4.90 Å². The molecule has 1 unspecified atom stereocenters. The molecule has 0 aliphatic carbocycles. The minimum absolute atomic E-state index is 0.00131. The first kappa shape index (κ1) is 20.3. The lowest BCUT2D eigenvalue weighted by atomic mass is 9.95. The molecule has 0 saturated carbocycles. The number of carbonyl (C=O) groups excluding carboxylic acids is 2. The van der Waals surface area contributed by atoms with E-state index in [1.165, 1.54) is 54.7 Å². The third-order valence-electron chi connectivity index (χ3n) is 5.06. The van der Waals surface area contributed by atoms with Crippen LogP contribution in [0.5, 0.6) is 5.75 Å². The number of ketones is 1. The summed E-state index contributed by atoms with van der Waals surface area (Å²) in [6.45, 7) is -0.0482. The number of rotatable bonds is 5. The Hall–Kier alpha value is -3.94. The maximum Gasteiger partial charge on any atom is 0.296 e. The van der Waals surface area contributed by atoms with E-state index in [2.05, 4.69) is 0 Å². The smallest absolute Gasteiger partial charge is 0.296 e. The SMILES string of the molecule is COc1ccc(C(O)=C2C(=O)C(=O)N(Cc3ccco3)C2c2ccc(F)cc2)cc1F. The highest BCUT2D eigenvalue weighted by Gasteiger charge is 2.46. The number of amides is 1. The normalized spacial score (nSPS) is 17.9. The molecule has 2 heterocycles. The van der Waals surface area contributed by atoms with Gasteiger partial charge in [0.05, 0.1) is 31.5 Å². The number of hydrogen-bond acceptors (Lipinski definition) is 5. The van der Waals surface area contributed by atoms with Crippen molar-refractivity contribution in [2.75, 3.05) is 7.11 Å².